The summed E-state index contributed by atoms with van der Waals surface area (Å²) in [5.74, 6) is 0.00496. The number of hydrogen-bond acceptors (Lipinski definition) is 3. The second-order valence-corrected chi connectivity index (χ2v) is 3.62. The van der Waals surface area contributed by atoms with Crippen LogP contribution in [-0.2, 0) is 9.53 Å². The maximum absolute atomic E-state index is 11.4. The van der Waals surface area contributed by atoms with Crippen molar-refractivity contribution in [2.75, 3.05) is 31.6 Å². The van der Waals surface area contributed by atoms with E-state index in [4.69, 9.17) is 4.74 Å². The number of carbonyl (C=O) groups excluding carboxylic acids is 1. The Kier molecular flexibility index (Phi) is 6.82. The van der Waals surface area contributed by atoms with Crippen LogP contribution in [0, 0.1) is 0 Å². The van der Waals surface area contributed by atoms with E-state index < -0.39 is 0 Å². The topological polar surface area (TPSA) is 50.4 Å². The Hall–Kier alpha value is -1.55. The number of hydrogen-bond donors (Lipinski definition) is 2. The van der Waals surface area contributed by atoms with Gasteiger partial charge in [0.2, 0.25) is 5.91 Å². The van der Waals surface area contributed by atoms with Crippen LogP contribution in [0.3, 0.4) is 0 Å². The lowest BCUT2D eigenvalue weighted by atomic mass is 10.3. The summed E-state index contributed by atoms with van der Waals surface area (Å²) >= 11 is 0. The number of para-hydroxylation sites is 1. The Morgan fingerprint density at radius 1 is 1.29 bits per heavy atom. The fraction of sp³-hybridized carbons (Fsp3) is 0.462. The number of carbonyl (C=O) groups is 1. The first-order valence-corrected chi connectivity index (χ1v) is 5.96. The van der Waals surface area contributed by atoms with Crippen LogP contribution in [0.2, 0.25) is 0 Å². The molecule has 1 rings (SSSR count). The van der Waals surface area contributed by atoms with Gasteiger partial charge in [0.05, 0.1) is 6.54 Å². The molecule has 0 unspecified atom stereocenters. The van der Waals surface area contributed by atoms with E-state index in [-0.39, 0.29) is 5.91 Å². The SMILES string of the molecule is CCOCCCNC(=O)CNc1ccccc1. The molecular formula is C13H20N2O2. The fourth-order valence-corrected chi connectivity index (χ4v) is 1.35. The molecule has 0 atom stereocenters. The van der Waals surface area contributed by atoms with E-state index >= 15 is 0 Å². The molecular weight excluding hydrogens is 216 g/mol. The van der Waals surface area contributed by atoms with Crippen LogP contribution in [0.4, 0.5) is 5.69 Å². The second-order valence-electron chi connectivity index (χ2n) is 3.62. The third-order valence-electron chi connectivity index (χ3n) is 2.22. The van der Waals surface area contributed by atoms with E-state index in [2.05, 4.69) is 10.6 Å². The first-order chi connectivity index (χ1) is 8.33. The lowest BCUT2D eigenvalue weighted by molar-refractivity contribution is -0.119. The minimum absolute atomic E-state index is 0.00496. The molecule has 2 N–H and O–H groups in total. The first kappa shape index (κ1) is 13.5. The van der Waals surface area contributed by atoms with E-state index in [0.717, 1.165) is 18.7 Å². The van der Waals surface area contributed by atoms with E-state index in [1.165, 1.54) is 0 Å². The van der Waals surface area contributed by atoms with E-state index in [0.29, 0.717) is 19.7 Å². The molecule has 0 saturated carbocycles. The summed E-state index contributed by atoms with van der Waals surface area (Å²) in [4.78, 5) is 11.4. The van der Waals surface area contributed by atoms with Gasteiger partial charge in [-0.2, -0.15) is 0 Å². The van der Waals surface area contributed by atoms with Gasteiger partial charge in [0.25, 0.3) is 0 Å². The van der Waals surface area contributed by atoms with Crippen LogP contribution in [0.1, 0.15) is 13.3 Å². The molecule has 0 spiro atoms. The van der Waals surface area contributed by atoms with Crippen molar-refractivity contribution in [3.05, 3.63) is 30.3 Å². The highest BCUT2D eigenvalue weighted by atomic mass is 16.5. The second kappa shape index (κ2) is 8.58. The van der Waals surface area contributed by atoms with Crippen molar-refractivity contribution < 1.29 is 9.53 Å². The molecule has 0 aliphatic carbocycles. The lowest BCUT2D eigenvalue weighted by Gasteiger charge is -2.07. The minimum Gasteiger partial charge on any atom is -0.382 e. The predicted molar refractivity (Wildman–Crippen MR) is 69.1 cm³/mol. The Bertz CT molecular complexity index is 314. The molecule has 1 aromatic rings. The molecule has 0 aromatic heterocycles. The van der Waals surface area contributed by atoms with Crippen LogP contribution in [0.25, 0.3) is 0 Å². The van der Waals surface area contributed by atoms with Crippen molar-refractivity contribution in [1.82, 2.24) is 5.32 Å². The monoisotopic (exact) mass is 236 g/mol. The molecule has 0 radical (unpaired) electrons. The van der Waals surface area contributed by atoms with Gasteiger partial charge in [-0.05, 0) is 25.5 Å². The fourth-order valence-electron chi connectivity index (χ4n) is 1.35. The molecule has 17 heavy (non-hydrogen) atoms. The van der Waals surface area contributed by atoms with Gasteiger partial charge in [0.1, 0.15) is 0 Å². The molecule has 1 amide bonds. The molecule has 0 aliphatic rings. The smallest absolute Gasteiger partial charge is 0.239 e. The van der Waals surface area contributed by atoms with Gasteiger partial charge in [-0.3, -0.25) is 4.79 Å². The van der Waals surface area contributed by atoms with Crippen LogP contribution in [0.5, 0.6) is 0 Å². The minimum atomic E-state index is 0.00496. The molecule has 4 nitrogen and oxygen atoms in total. The molecule has 0 aliphatic heterocycles. The average molecular weight is 236 g/mol. The van der Waals surface area contributed by atoms with Crippen LogP contribution in [-0.4, -0.2) is 32.2 Å². The first-order valence-electron chi connectivity index (χ1n) is 5.96. The third kappa shape index (κ3) is 6.58. The zero-order chi connectivity index (χ0) is 12.3. The van der Waals surface area contributed by atoms with Crippen LogP contribution in [0.15, 0.2) is 30.3 Å². The lowest BCUT2D eigenvalue weighted by Crippen LogP contribution is -2.31. The van der Waals surface area contributed by atoms with Crippen molar-refractivity contribution in [1.29, 1.82) is 0 Å². The van der Waals surface area contributed by atoms with Crippen molar-refractivity contribution in [2.45, 2.75) is 13.3 Å². The summed E-state index contributed by atoms with van der Waals surface area (Å²) in [7, 11) is 0. The van der Waals surface area contributed by atoms with Crippen LogP contribution < -0.4 is 10.6 Å². The highest BCUT2D eigenvalue weighted by molar-refractivity contribution is 5.80. The van der Waals surface area contributed by atoms with E-state index in [1.54, 1.807) is 0 Å². The number of benzene rings is 1. The van der Waals surface area contributed by atoms with Gasteiger partial charge in [-0.1, -0.05) is 18.2 Å². The van der Waals surface area contributed by atoms with Gasteiger partial charge in [-0.25, -0.2) is 0 Å². The normalized spacial score (nSPS) is 9.94. The van der Waals surface area contributed by atoms with Gasteiger partial charge >= 0.3 is 0 Å². The maximum atomic E-state index is 11.4. The Labute approximate surface area is 102 Å². The summed E-state index contributed by atoms with van der Waals surface area (Å²) < 4.78 is 5.18. The summed E-state index contributed by atoms with van der Waals surface area (Å²) in [6, 6.07) is 9.67. The largest absolute Gasteiger partial charge is 0.382 e. The Balaban J connectivity index is 2.05. The molecule has 0 heterocycles. The highest BCUT2D eigenvalue weighted by Crippen LogP contribution is 2.03. The molecule has 4 heteroatoms. The van der Waals surface area contributed by atoms with Crippen molar-refractivity contribution in [3.63, 3.8) is 0 Å². The average Bonchev–Trinajstić information content (AvgIpc) is 2.37. The number of rotatable bonds is 8. The molecule has 0 fully saturated rings. The van der Waals surface area contributed by atoms with Crippen molar-refractivity contribution in [3.8, 4) is 0 Å². The van der Waals surface area contributed by atoms with E-state index in [9.17, 15) is 4.79 Å². The Morgan fingerprint density at radius 2 is 2.06 bits per heavy atom. The van der Waals surface area contributed by atoms with Crippen LogP contribution >= 0.6 is 0 Å². The summed E-state index contributed by atoms with van der Waals surface area (Å²) in [5.41, 5.74) is 0.956. The van der Waals surface area contributed by atoms with Crippen molar-refractivity contribution >= 4 is 11.6 Å². The quantitative estimate of drug-likeness (QED) is 0.675. The summed E-state index contributed by atoms with van der Waals surface area (Å²) in [6.07, 6.45) is 0.852. The zero-order valence-corrected chi connectivity index (χ0v) is 10.2. The molecule has 0 bridgehead atoms. The Morgan fingerprint density at radius 3 is 2.76 bits per heavy atom. The number of amides is 1. The highest BCUT2D eigenvalue weighted by Gasteiger charge is 1.99. The van der Waals surface area contributed by atoms with Gasteiger partial charge in [0.15, 0.2) is 0 Å². The van der Waals surface area contributed by atoms with Gasteiger partial charge in [-0.15, -0.1) is 0 Å². The predicted octanol–water partition coefficient (Wildman–Crippen LogP) is 1.64. The van der Waals surface area contributed by atoms with E-state index in [1.807, 2.05) is 37.3 Å². The van der Waals surface area contributed by atoms with Gasteiger partial charge < -0.3 is 15.4 Å². The third-order valence-corrected chi connectivity index (χ3v) is 2.22. The standard InChI is InChI=1S/C13H20N2O2/c1-2-17-10-6-9-14-13(16)11-15-12-7-4-3-5-8-12/h3-5,7-8,15H,2,6,9-11H2,1H3,(H,14,16). The summed E-state index contributed by atoms with van der Waals surface area (Å²) in [6.45, 7) is 4.35. The molecule has 94 valence electrons. The van der Waals surface area contributed by atoms with Gasteiger partial charge in [0, 0.05) is 25.4 Å². The summed E-state index contributed by atoms with van der Waals surface area (Å²) in [5, 5.41) is 5.88. The number of ether oxygens (including phenoxy) is 1. The maximum Gasteiger partial charge on any atom is 0.239 e. The molecule has 0 saturated heterocycles. The zero-order valence-electron chi connectivity index (χ0n) is 10.2. The molecule has 1 aromatic carbocycles. The number of anilines is 1. The van der Waals surface area contributed by atoms with Crippen molar-refractivity contribution in [2.24, 2.45) is 0 Å². The number of nitrogens with one attached hydrogen (secondary N) is 2.